The smallest absolute Gasteiger partial charge is 0.405 e. The van der Waals surface area contributed by atoms with Gasteiger partial charge in [0.05, 0.1) is 6.04 Å². The van der Waals surface area contributed by atoms with Crippen LogP contribution in [-0.4, -0.2) is 16.3 Å². The van der Waals surface area contributed by atoms with Crippen molar-refractivity contribution >= 4 is 6.09 Å². The minimum atomic E-state index is -1.10. The molecule has 0 saturated heterocycles. The molecule has 0 radical (unpaired) electrons. The second-order valence-electron chi connectivity index (χ2n) is 3.89. The van der Waals surface area contributed by atoms with E-state index in [4.69, 9.17) is 5.11 Å². The first-order valence-corrected chi connectivity index (χ1v) is 5.50. The number of carbonyl (C=O) groups is 1. The van der Waals surface area contributed by atoms with Crippen LogP contribution < -0.4 is 5.32 Å². The number of phenols is 1. The first-order chi connectivity index (χ1) is 8.66. The van der Waals surface area contributed by atoms with Crippen molar-refractivity contribution in [2.45, 2.75) is 6.04 Å². The topological polar surface area (TPSA) is 69.6 Å². The summed E-state index contributed by atoms with van der Waals surface area (Å²) < 4.78 is 0. The first-order valence-electron chi connectivity index (χ1n) is 5.50. The van der Waals surface area contributed by atoms with Crippen LogP contribution in [0, 0.1) is 0 Å². The molecule has 2 rings (SSSR count). The first kappa shape index (κ1) is 12.0. The van der Waals surface area contributed by atoms with Crippen molar-refractivity contribution in [3.63, 3.8) is 0 Å². The molecule has 92 valence electrons. The van der Waals surface area contributed by atoms with E-state index in [2.05, 4.69) is 5.32 Å². The van der Waals surface area contributed by atoms with E-state index in [0.717, 1.165) is 5.56 Å². The maximum atomic E-state index is 10.9. The number of carboxylic acid groups (broad SMARTS) is 1. The van der Waals surface area contributed by atoms with Crippen LogP contribution >= 0.6 is 0 Å². The van der Waals surface area contributed by atoms with Gasteiger partial charge in [-0.2, -0.15) is 0 Å². The van der Waals surface area contributed by atoms with Gasteiger partial charge < -0.3 is 15.5 Å². The highest BCUT2D eigenvalue weighted by molar-refractivity contribution is 5.66. The quantitative estimate of drug-likeness (QED) is 0.776. The van der Waals surface area contributed by atoms with Crippen LogP contribution in [0.4, 0.5) is 4.79 Å². The minimum absolute atomic E-state index is 0.112. The zero-order chi connectivity index (χ0) is 13.0. The van der Waals surface area contributed by atoms with Gasteiger partial charge in [0.1, 0.15) is 5.75 Å². The molecule has 0 aliphatic carbocycles. The molecule has 0 aromatic heterocycles. The lowest BCUT2D eigenvalue weighted by atomic mass is 9.99. The fourth-order valence-corrected chi connectivity index (χ4v) is 1.83. The molecule has 2 aromatic rings. The van der Waals surface area contributed by atoms with Crippen LogP contribution in [0.5, 0.6) is 5.75 Å². The number of aromatic hydroxyl groups is 1. The fourth-order valence-electron chi connectivity index (χ4n) is 1.83. The normalized spacial score (nSPS) is 11.8. The number of nitrogens with one attached hydrogen (secondary N) is 1. The predicted octanol–water partition coefficient (Wildman–Crippen LogP) is 2.75. The van der Waals surface area contributed by atoms with Crippen LogP contribution in [0.25, 0.3) is 0 Å². The van der Waals surface area contributed by atoms with Crippen molar-refractivity contribution in [1.82, 2.24) is 5.32 Å². The molecule has 4 heteroatoms. The lowest BCUT2D eigenvalue weighted by Crippen LogP contribution is -2.27. The van der Waals surface area contributed by atoms with Crippen molar-refractivity contribution in [3.8, 4) is 5.75 Å². The Morgan fingerprint density at radius 2 is 1.67 bits per heavy atom. The van der Waals surface area contributed by atoms with E-state index in [1.165, 1.54) is 0 Å². The average molecular weight is 243 g/mol. The second-order valence-corrected chi connectivity index (χ2v) is 3.89. The van der Waals surface area contributed by atoms with Crippen molar-refractivity contribution in [3.05, 3.63) is 65.7 Å². The Morgan fingerprint density at radius 3 is 2.28 bits per heavy atom. The molecule has 2 aromatic carbocycles. The minimum Gasteiger partial charge on any atom is -0.508 e. The van der Waals surface area contributed by atoms with Gasteiger partial charge in [0.25, 0.3) is 0 Å². The Morgan fingerprint density at radius 1 is 1.00 bits per heavy atom. The van der Waals surface area contributed by atoms with E-state index in [-0.39, 0.29) is 5.75 Å². The molecule has 1 amide bonds. The summed E-state index contributed by atoms with van der Waals surface area (Å²) >= 11 is 0. The van der Waals surface area contributed by atoms with E-state index < -0.39 is 12.1 Å². The van der Waals surface area contributed by atoms with Gasteiger partial charge in [0.15, 0.2) is 0 Å². The van der Waals surface area contributed by atoms with Crippen molar-refractivity contribution in [2.24, 2.45) is 0 Å². The summed E-state index contributed by atoms with van der Waals surface area (Å²) in [5.41, 5.74) is 1.52. The summed E-state index contributed by atoms with van der Waals surface area (Å²) in [5.74, 6) is 0.112. The third-order valence-corrected chi connectivity index (χ3v) is 2.60. The largest absolute Gasteiger partial charge is 0.508 e. The highest BCUT2D eigenvalue weighted by Crippen LogP contribution is 2.24. The fraction of sp³-hybridized carbons (Fsp3) is 0.0714. The van der Waals surface area contributed by atoms with E-state index >= 15 is 0 Å². The van der Waals surface area contributed by atoms with Crippen LogP contribution in [0.3, 0.4) is 0 Å². The van der Waals surface area contributed by atoms with Crippen molar-refractivity contribution < 1.29 is 15.0 Å². The van der Waals surface area contributed by atoms with E-state index in [1.807, 2.05) is 30.3 Å². The number of phenolic OH excluding ortho intramolecular Hbond substituents is 1. The molecule has 4 nitrogen and oxygen atoms in total. The molecule has 0 saturated carbocycles. The maximum absolute atomic E-state index is 10.9. The van der Waals surface area contributed by atoms with Gasteiger partial charge in [-0.3, -0.25) is 0 Å². The van der Waals surface area contributed by atoms with Gasteiger partial charge in [0, 0.05) is 0 Å². The molecule has 0 bridgehead atoms. The second kappa shape index (κ2) is 5.23. The zero-order valence-electron chi connectivity index (χ0n) is 9.58. The molecule has 0 heterocycles. The molecule has 0 spiro atoms. The van der Waals surface area contributed by atoms with Crippen LogP contribution in [0.15, 0.2) is 54.6 Å². The van der Waals surface area contributed by atoms with Gasteiger partial charge in [-0.1, -0.05) is 42.5 Å². The molecular formula is C14H13NO3. The third-order valence-electron chi connectivity index (χ3n) is 2.60. The number of hydrogen-bond acceptors (Lipinski definition) is 2. The van der Waals surface area contributed by atoms with Crippen LogP contribution in [0.1, 0.15) is 17.2 Å². The molecule has 3 N–H and O–H groups in total. The van der Waals surface area contributed by atoms with Crippen molar-refractivity contribution in [1.29, 1.82) is 0 Å². The zero-order valence-corrected chi connectivity index (χ0v) is 9.58. The van der Waals surface area contributed by atoms with E-state index in [0.29, 0.717) is 5.56 Å². The molecule has 0 aliphatic heterocycles. The summed E-state index contributed by atoms with van der Waals surface area (Å²) in [5, 5.41) is 20.8. The summed E-state index contributed by atoms with van der Waals surface area (Å²) in [4.78, 5) is 10.9. The summed E-state index contributed by atoms with van der Waals surface area (Å²) in [6.45, 7) is 0. The Labute approximate surface area is 105 Å². The standard InChI is InChI=1S/C14H13NO3/c16-12-8-4-7-11(9-12)13(15-14(17)18)10-5-2-1-3-6-10/h1-9,13,15-16H,(H,17,18). The number of rotatable bonds is 3. The van der Waals surface area contributed by atoms with Gasteiger partial charge >= 0.3 is 6.09 Å². The lowest BCUT2D eigenvalue weighted by Gasteiger charge is -2.18. The Bertz CT molecular complexity index is 540. The van der Waals surface area contributed by atoms with Gasteiger partial charge in [-0.25, -0.2) is 4.79 Å². The highest BCUT2D eigenvalue weighted by Gasteiger charge is 2.16. The van der Waals surface area contributed by atoms with E-state index in [9.17, 15) is 9.90 Å². The predicted molar refractivity (Wildman–Crippen MR) is 67.6 cm³/mol. The monoisotopic (exact) mass is 243 g/mol. The van der Waals surface area contributed by atoms with Gasteiger partial charge in [0.2, 0.25) is 0 Å². The molecule has 0 fully saturated rings. The third kappa shape index (κ3) is 2.79. The average Bonchev–Trinajstić information content (AvgIpc) is 2.37. The Balaban J connectivity index is 2.40. The van der Waals surface area contributed by atoms with Crippen LogP contribution in [-0.2, 0) is 0 Å². The number of benzene rings is 2. The summed E-state index contributed by atoms with van der Waals surface area (Å²) in [6, 6.07) is 15.3. The molecule has 1 atom stereocenters. The summed E-state index contributed by atoms with van der Waals surface area (Å²) in [7, 11) is 0. The van der Waals surface area contributed by atoms with Crippen LogP contribution in [0.2, 0.25) is 0 Å². The summed E-state index contributed by atoms with van der Waals surface area (Å²) in [6.07, 6.45) is -1.10. The van der Waals surface area contributed by atoms with E-state index in [1.54, 1.807) is 24.3 Å². The highest BCUT2D eigenvalue weighted by atomic mass is 16.4. The SMILES string of the molecule is O=C(O)NC(c1ccccc1)c1cccc(O)c1. The number of amides is 1. The van der Waals surface area contributed by atoms with Crippen molar-refractivity contribution in [2.75, 3.05) is 0 Å². The Kier molecular flexibility index (Phi) is 3.48. The molecule has 18 heavy (non-hydrogen) atoms. The number of hydrogen-bond donors (Lipinski definition) is 3. The Hall–Kier alpha value is -2.49. The van der Waals surface area contributed by atoms with Gasteiger partial charge in [-0.05, 0) is 23.3 Å². The molecule has 0 aliphatic rings. The van der Waals surface area contributed by atoms with Gasteiger partial charge in [-0.15, -0.1) is 0 Å². The molecule has 1 unspecified atom stereocenters. The molecular weight excluding hydrogens is 230 g/mol. The lowest BCUT2D eigenvalue weighted by molar-refractivity contribution is 0.191. The maximum Gasteiger partial charge on any atom is 0.405 e.